The Morgan fingerprint density at radius 3 is 2.92 bits per heavy atom. The molecule has 0 bridgehead atoms. The second-order valence-corrected chi connectivity index (χ2v) is 6.37. The standard InChI is InChI=1S/C17H17Cl2N3O2/c18-12-3-4-15(14(19)9-12)22-16-8-11(5-6-20-16)17(23)21-10-13-2-1-7-24-13/h3-6,8-9,13H,1-2,7,10H2,(H,20,22)(H,21,23). The van der Waals surface area contributed by atoms with Crippen LogP contribution in [0.1, 0.15) is 23.2 Å². The molecular weight excluding hydrogens is 349 g/mol. The first-order chi connectivity index (χ1) is 11.6. The van der Waals surface area contributed by atoms with Gasteiger partial charge >= 0.3 is 0 Å². The molecule has 0 spiro atoms. The lowest BCUT2D eigenvalue weighted by molar-refractivity contribution is 0.0857. The van der Waals surface area contributed by atoms with Crippen molar-refractivity contribution in [1.82, 2.24) is 10.3 Å². The van der Waals surface area contributed by atoms with Crippen LogP contribution in [0.15, 0.2) is 36.5 Å². The lowest BCUT2D eigenvalue weighted by Crippen LogP contribution is -2.31. The van der Waals surface area contributed by atoms with E-state index in [1.54, 1.807) is 36.5 Å². The minimum absolute atomic E-state index is 0.112. The third-order valence-electron chi connectivity index (χ3n) is 3.73. The molecule has 5 nitrogen and oxygen atoms in total. The molecule has 0 radical (unpaired) electrons. The number of aromatic nitrogens is 1. The van der Waals surface area contributed by atoms with Gasteiger partial charge in [0.25, 0.3) is 5.91 Å². The average Bonchev–Trinajstić information content (AvgIpc) is 3.09. The molecule has 1 unspecified atom stereocenters. The molecule has 7 heteroatoms. The molecule has 2 N–H and O–H groups in total. The fraction of sp³-hybridized carbons (Fsp3) is 0.294. The number of amides is 1. The number of anilines is 2. The molecule has 0 aliphatic carbocycles. The van der Waals surface area contributed by atoms with Gasteiger partial charge in [0.2, 0.25) is 0 Å². The van der Waals surface area contributed by atoms with Gasteiger partial charge < -0.3 is 15.4 Å². The number of pyridine rings is 1. The highest BCUT2D eigenvalue weighted by atomic mass is 35.5. The van der Waals surface area contributed by atoms with Gasteiger partial charge in [0.05, 0.1) is 16.8 Å². The number of carbonyl (C=O) groups excluding carboxylic acids is 1. The smallest absolute Gasteiger partial charge is 0.251 e. The fourth-order valence-electron chi connectivity index (χ4n) is 2.48. The second kappa shape index (κ2) is 7.83. The number of rotatable bonds is 5. The lowest BCUT2D eigenvalue weighted by atomic mass is 10.2. The Morgan fingerprint density at radius 1 is 1.29 bits per heavy atom. The molecular formula is C17H17Cl2N3O2. The Labute approximate surface area is 150 Å². The summed E-state index contributed by atoms with van der Waals surface area (Å²) in [4.78, 5) is 16.5. The van der Waals surface area contributed by atoms with Crippen molar-refractivity contribution in [3.63, 3.8) is 0 Å². The molecule has 1 amide bonds. The molecule has 1 aliphatic heterocycles. The molecule has 3 rings (SSSR count). The topological polar surface area (TPSA) is 63.2 Å². The van der Waals surface area contributed by atoms with Crippen LogP contribution in [0.3, 0.4) is 0 Å². The van der Waals surface area contributed by atoms with Crippen molar-refractivity contribution in [3.8, 4) is 0 Å². The van der Waals surface area contributed by atoms with Crippen LogP contribution in [-0.2, 0) is 4.74 Å². The van der Waals surface area contributed by atoms with Crippen molar-refractivity contribution in [2.75, 3.05) is 18.5 Å². The van der Waals surface area contributed by atoms with E-state index in [0.717, 1.165) is 19.4 Å². The van der Waals surface area contributed by atoms with E-state index in [9.17, 15) is 4.79 Å². The first-order valence-electron chi connectivity index (χ1n) is 7.70. The van der Waals surface area contributed by atoms with Crippen molar-refractivity contribution >= 4 is 40.6 Å². The van der Waals surface area contributed by atoms with Gasteiger partial charge in [-0.3, -0.25) is 4.79 Å². The normalized spacial score (nSPS) is 16.8. The number of halogens is 2. The van der Waals surface area contributed by atoms with Crippen LogP contribution < -0.4 is 10.6 Å². The summed E-state index contributed by atoms with van der Waals surface area (Å²) in [5.74, 6) is 0.377. The first kappa shape index (κ1) is 17.0. The Balaban J connectivity index is 1.65. The molecule has 1 atom stereocenters. The monoisotopic (exact) mass is 365 g/mol. The van der Waals surface area contributed by atoms with Crippen molar-refractivity contribution in [2.45, 2.75) is 18.9 Å². The minimum atomic E-state index is -0.154. The van der Waals surface area contributed by atoms with E-state index < -0.39 is 0 Å². The van der Waals surface area contributed by atoms with E-state index in [2.05, 4.69) is 15.6 Å². The van der Waals surface area contributed by atoms with E-state index in [1.807, 2.05) is 0 Å². The molecule has 2 heterocycles. The molecule has 2 aromatic rings. The van der Waals surface area contributed by atoms with E-state index in [0.29, 0.717) is 33.7 Å². The summed E-state index contributed by atoms with van der Waals surface area (Å²) < 4.78 is 5.50. The van der Waals surface area contributed by atoms with Crippen molar-refractivity contribution in [3.05, 3.63) is 52.1 Å². The quantitative estimate of drug-likeness (QED) is 0.838. The van der Waals surface area contributed by atoms with E-state index in [-0.39, 0.29) is 12.0 Å². The highest BCUT2D eigenvalue weighted by Gasteiger charge is 2.17. The third kappa shape index (κ3) is 4.38. The van der Waals surface area contributed by atoms with Gasteiger partial charge in [-0.05, 0) is 43.2 Å². The predicted octanol–water partition coefficient (Wildman–Crippen LogP) is 4.04. The van der Waals surface area contributed by atoms with Gasteiger partial charge in [0, 0.05) is 29.9 Å². The molecule has 0 saturated carbocycles. The summed E-state index contributed by atoms with van der Waals surface area (Å²) in [6, 6.07) is 8.48. The van der Waals surface area contributed by atoms with Crippen LogP contribution in [0, 0.1) is 0 Å². The van der Waals surface area contributed by atoms with Crippen LogP contribution >= 0.6 is 23.2 Å². The lowest BCUT2D eigenvalue weighted by Gasteiger charge is -2.12. The summed E-state index contributed by atoms with van der Waals surface area (Å²) in [6.07, 6.45) is 3.72. The van der Waals surface area contributed by atoms with Crippen molar-refractivity contribution in [1.29, 1.82) is 0 Å². The number of nitrogens with zero attached hydrogens (tertiary/aromatic N) is 1. The maximum absolute atomic E-state index is 12.3. The second-order valence-electron chi connectivity index (χ2n) is 5.52. The third-order valence-corrected chi connectivity index (χ3v) is 4.28. The van der Waals surface area contributed by atoms with Gasteiger partial charge in [-0.25, -0.2) is 4.98 Å². The van der Waals surface area contributed by atoms with Crippen LogP contribution in [0.5, 0.6) is 0 Å². The summed E-state index contributed by atoms with van der Waals surface area (Å²) in [5, 5.41) is 7.01. The molecule has 1 aromatic heterocycles. The Morgan fingerprint density at radius 2 is 2.17 bits per heavy atom. The molecule has 24 heavy (non-hydrogen) atoms. The maximum Gasteiger partial charge on any atom is 0.251 e. The number of nitrogens with one attached hydrogen (secondary N) is 2. The van der Waals surface area contributed by atoms with Crippen molar-refractivity contribution < 1.29 is 9.53 Å². The highest BCUT2D eigenvalue weighted by Crippen LogP contribution is 2.27. The number of benzene rings is 1. The number of hydrogen-bond acceptors (Lipinski definition) is 4. The van der Waals surface area contributed by atoms with E-state index >= 15 is 0 Å². The van der Waals surface area contributed by atoms with Gasteiger partial charge in [0.1, 0.15) is 5.82 Å². The van der Waals surface area contributed by atoms with Gasteiger partial charge in [-0.2, -0.15) is 0 Å². The van der Waals surface area contributed by atoms with Crippen molar-refractivity contribution in [2.24, 2.45) is 0 Å². The van der Waals surface area contributed by atoms with Crippen LogP contribution in [-0.4, -0.2) is 30.1 Å². The summed E-state index contributed by atoms with van der Waals surface area (Å²) >= 11 is 12.0. The molecule has 1 saturated heterocycles. The van der Waals surface area contributed by atoms with Crippen LogP contribution in [0.4, 0.5) is 11.5 Å². The summed E-state index contributed by atoms with van der Waals surface area (Å²) in [5.41, 5.74) is 1.20. The first-order valence-corrected chi connectivity index (χ1v) is 8.45. The molecule has 1 aromatic carbocycles. The zero-order chi connectivity index (χ0) is 16.9. The zero-order valence-corrected chi connectivity index (χ0v) is 14.4. The number of carbonyl (C=O) groups is 1. The average molecular weight is 366 g/mol. The zero-order valence-electron chi connectivity index (χ0n) is 12.9. The van der Waals surface area contributed by atoms with Gasteiger partial charge in [-0.1, -0.05) is 23.2 Å². The summed E-state index contributed by atoms with van der Waals surface area (Å²) in [6.45, 7) is 1.29. The Bertz CT molecular complexity index is 734. The SMILES string of the molecule is O=C(NCC1CCCO1)c1ccnc(Nc2ccc(Cl)cc2Cl)c1. The van der Waals surface area contributed by atoms with Crippen LogP contribution in [0.25, 0.3) is 0 Å². The fourth-order valence-corrected chi connectivity index (χ4v) is 2.94. The largest absolute Gasteiger partial charge is 0.376 e. The molecule has 126 valence electrons. The number of hydrogen-bond donors (Lipinski definition) is 2. The molecule has 1 aliphatic rings. The Kier molecular flexibility index (Phi) is 5.56. The summed E-state index contributed by atoms with van der Waals surface area (Å²) in [7, 11) is 0. The van der Waals surface area contributed by atoms with Crippen LogP contribution in [0.2, 0.25) is 10.0 Å². The Hall–Kier alpha value is -1.82. The maximum atomic E-state index is 12.3. The van der Waals surface area contributed by atoms with E-state index in [4.69, 9.17) is 27.9 Å². The highest BCUT2D eigenvalue weighted by molar-refractivity contribution is 6.36. The number of ether oxygens (including phenoxy) is 1. The van der Waals surface area contributed by atoms with E-state index in [1.165, 1.54) is 0 Å². The molecule has 1 fully saturated rings. The predicted molar refractivity (Wildman–Crippen MR) is 95.3 cm³/mol. The van der Waals surface area contributed by atoms with Gasteiger partial charge in [0.15, 0.2) is 0 Å². The minimum Gasteiger partial charge on any atom is -0.376 e. The van der Waals surface area contributed by atoms with Gasteiger partial charge in [-0.15, -0.1) is 0 Å².